The Bertz CT molecular complexity index is 830. The number of halogens is 3. The zero-order chi connectivity index (χ0) is 19.3. The molecule has 0 radical (unpaired) electrons. The highest BCUT2D eigenvalue weighted by Crippen LogP contribution is 2.40. The van der Waals surface area contributed by atoms with Crippen LogP contribution in [0.4, 0.5) is 18.9 Å². The predicted octanol–water partition coefficient (Wildman–Crippen LogP) is 4.21. The minimum atomic E-state index is -4.61. The van der Waals surface area contributed by atoms with E-state index in [4.69, 9.17) is 19.5 Å². The van der Waals surface area contributed by atoms with Crippen molar-refractivity contribution >= 4 is 5.69 Å². The van der Waals surface area contributed by atoms with Crippen LogP contribution in [0.2, 0.25) is 0 Å². The summed E-state index contributed by atoms with van der Waals surface area (Å²) in [5, 5.41) is 11.7. The minimum absolute atomic E-state index is 0.187. The molecule has 0 amide bonds. The lowest BCUT2D eigenvalue weighted by atomic mass is 10.1. The minimum Gasteiger partial charge on any atom is -0.493 e. The summed E-state index contributed by atoms with van der Waals surface area (Å²) >= 11 is 0. The molecule has 0 spiro atoms. The number of hydrogen-bond donors (Lipinski definition) is 1. The highest BCUT2D eigenvalue weighted by Gasteiger charge is 2.33. The topological polar surface area (TPSA) is 63.5 Å². The average Bonchev–Trinajstić information content (AvgIpc) is 2.64. The van der Waals surface area contributed by atoms with Gasteiger partial charge >= 0.3 is 6.18 Å². The number of hydrogen-bond acceptors (Lipinski definition) is 5. The second-order valence-corrected chi connectivity index (χ2v) is 5.22. The zero-order valence-electron chi connectivity index (χ0n) is 14.4. The van der Waals surface area contributed by atoms with Crippen LogP contribution in [0, 0.1) is 11.3 Å². The van der Waals surface area contributed by atoms with E-state index in [0.717, 1.165) is 12.1 Å². The van der Waals surface area contributed by atoms with Gasteiger partial charge in [-0.1, -0.05) is 0 Å². The van der Waals surface area contributed by atoms with E-state index in [-0.39, 0.29) is 12.2 Å². The predicted molar refractivity (Wildman–Crippen MR) is 89.6 cm³/mol. The first-order chi connectivity index (χ1) is 12.3. The molecule has 0 aliphatic heterocycles. The number of ether oxygens (including phenoxy) is 3. The lowest BCUT2D eigenvalue weighted by molar-refractivity contribution is -0.137. The van der Waals surface area contributed by atoms with Gasteiger partial charge in [-0.25, -0.2) is 0 Å². The molecule has 1 N–H and O–H groups in total. The summed E-state index contributed by atoms with van der Waals surface area (Å²) in [5.74, 6) is 1.29. The van der Waals surface area contributed by atoms with Gasteiger partial charge in [0, 0.05) is 17.8 Å². The Hall–Kier alpha value is -3.08. The Morgan fingerprint density at radius 3 is 2.23 bits per heavy atom. The van der Waals surface area contributed by atoms with Gasteiger partial charge in [-0.15, -0.1) is 0 Å². The molecule has 0 saturated heterocycles. The number of nitriles is 1. The Kier molecular flexibility index (Phi) is 5.82. The van der Waals surface area contributed by atoms with Gasteiger partial charge < -0.3 is 19.5 Å². The molecule has 26 heavy (non-hydrogen) atoms. The van der Waals surface area contributed by atoms with Gasteiger partial charge in [0.1, 0.15) is 0 Å². The van der Waals surface area contributed by atoms with Crippen molar-refractivity contribution in [3.05, 3.63) is 47.0 Å². The van der Waals surface area contributed by atoms with Crippen LogP contribution < -0.4 is 19.5 Å². The maximum absolute atomic E-state index is 13.1. The van der Waals surface area contributed by atoms with Crippen molar-refractivity contribution in [1.29, 1.82) is 5.26 Å². The van der Waals surface area contributed by atoms with Crippen LogP contribution in [0.3, 0.4) is 0 Å². The van der Waals surface area contributed by atoms with Gasteiger partial charge in [0.2, 0.25) is 5.75 Å². The van der Waals surface area contributed by atoms with E-state index >= 15 is 0 Å². The molecular formula is C18H17F3N2O3. The summed E-state index contributed by atoms with van der Waals surface area (Å²) in [7, 11) is 4.42. The van der Waals surface area contributed by atoms with E-state index < -0.39 is 17.3 Å². The van der Waals surface area contributed by atoms with Crippen LogP contribution in [0.25, 0.3) is 0 Å². The van der Waals surface area contributed by atoms with Crippen LogP contribution in [0.15, 0.2) is 30.3 Å². The monoisotopic (exact) mass is 366 g/mol. The molecular weight excluding hydrogens is 349 g/mol. The van der Waals surface area contributed by atoms with Crippen LogP contribution >= 0.6 is 0 Å². The van der Waals surface area contributed by atoms with E-state index in [1.165, 1.54) is 27.4 Å². The standard InChI is InChI=1S/C18H17F3N2O3/c1-24-15-7-5-12(16(25-2)17(15)26-3)10-23-13-6-4-11(9-22)14(8-13)18(19,20)21/h4-8,23H,10H2,1-3H3. The third-order valence-electron chi connectivity index (χ3n) is 3.71. The number of anilines is 1. The van der Waals surface area contributed by atoms with Crippen LogP contribution in [0.1, 0.15) is 16.7 Å². The van der Waals surface area contributed by atoms with E-state index in [1.54, 1.807) is 18.2 Å². The Balaban J connectivity index is 2.31. The average molecular weight is 366 g/mol. The molecule has 0 aliphatic rings. The summed E-state index contributed by atoms with van der Waals surface area (Å²) in [6.07, 6.45) is -4.61. The van der Waals surface area contributed by atoms with E-state index in [0.29, 0.717) is 22.8 Å². The van der Waals surface area contributed by atoms with Crippen LogP contribution in [0.5, 0.6) is 17.2 Å². The third-order valence-corrected chi connectivity index (χ3v) is 3.71. The van der Waals surface area contributed by atoms with Gasteiger partial charge in [-0.2, -0.15) is 18.4 Å². The smallest absolute Gasteiger partial charge is 0.417 e. The van der Waals surface area contributed by atoms with Crippen molar-refractivity contribution in [2.75, 3.05) is 26.6 Å². The third kappa shape index (κ3) is 3.94. The van der Waals surface area contributed by atoms with Gasteiger partial charge in [-0.05, 0) is 30.3 Å². The fourth-order valence-electron chi connectivity index (χ4n) is 2.49. The fourth-order valence-corrected chi connectivity index (χ4v) is 2.49. The second-order valence-electron chi connectivity index (χ2n) is 5.22. The molecule has 5 nitrogen and oxygen atoms in total. The van der Waals surface area contributed by atoms with Crippen molar-refractivity contribution in [2.45, 2.75) is 12.7 Å². The fraction of sp³-hybridized carbons (Fsp3) is 0.278. The van der Waals surface area contributed by atoms with E-state index in [1.807, 2.05) is 0 Å². The highest BCUT2D eigenvalue weighted by molar-refractivity contribution is 5.58. The quantitative estimate of drug-likeness (QED) is 0.830. The normalized spacial score (nSPS) is 10.8. The first-order valence-electron chi connectivity index (χ1n) is 7.48. The number of rotatable bonds is 6. The maximum atomic E-state index is 13.1. The largest absolute Gasteiger partial charge is 0.493 e. The Morgan fingerprint density at radius 1 is 1.00 bits per heavy atom. The summed E-state index contributed by atoms with van der Waals surface area (Å²) in [6.45, 7) is 0.187. The van der Waals surface area contributed by atoms with E-state index in [2.05, 4.69) is 5.32 Å². The van der Waals surface area contributed by atoms with Crippen molar-refractivity contribution in [3.63, 3.8) is 0 Å². The molecule has 8 heteroatoms. The molecule has 2 rings (SSSR count). The van der Waals surface area contributed by atoms with Crippen LogP contribution in [-0.4, -0.2) is 21.3 Å². The second kappa shape index (κ2) is 7.87. The molecule has 2 aromatic rings. The maximum Gasteiger partial charge on any atom is 0.417 e. The molecule has 0 aromatic heterocycles. The van der Waals surface area contributed by atoms with Crippen molar-refractivity contribution in [3.8, 4) is 23.3 Å². The molecule has 0 saturated carbocycles. The first kappa shape index (κ1) is 19.2. The molecule has 0 atom stereocenters. The van der Waals surface area contributed by atoms with Crippen molar-refractivity contribution < 1.29 is 27.4 Å². The number of nitrogens with zero attached hydrogens (tertiary/aromatic N) is 1. The van der Waals surface area contributed by atoms with Crippen molar-refractivity contribution in [1.82, 2.24) is 0 Å². The lowest BCUT2D eigenvalue weighted by Gasteiger charge is -2.17. The summed E-state index contributed by atoms with van der Waals surface area (Å²) in [6, 6.07) is 8.42. The van der Waals surface area contributed by atoms with Gasteiger partial charge in [-0.3, -0.25) is 0 Å². The van der Waals surface area contributed by atoms with Crippen LogP contribution in [-0.2, 0) is 12.7 Å². The Morgan fingerprint density at radius 2 is 1.69 bits per heavy atom. The number of methoxy groups -OCH3 is 3. The number of nitrogens with one attached hydrogen (secondary N) is 1. The van der Waals surface area contributed by atoms with Crippen molar-refractivity contribution in [2.24, 2.45) is 0 Å². The SMILES string of the molecule is COc1ccc(CNc2ccc(C#N)c(C(F)(F)F)c2)c(OC)c1OC. The summed E-state index contributed by atoms with van der Waals surface area (Å²) in [4.78, 5) is 0. The molecule has 0 heterocycles. The highest BCUT2D eigenvalue weighted by atomic mass is 19.4. The Labute approximate surface area is 148 Å². The van der Waals surface area contributed by atoms with Gasteiger partial charge in [0.25, 0.3) is 0 Å². The zero-order valence-corrected chi connectivity index (χ0v) is 14.4. The molecule has 0 aliphatic carbocycles. The molecule has 2 aromatic carbocycles. The molecule has 0 fully saturated rings. The lowest BCUT2D eigenvalue weighted by Crippen LogP contribution is -2.09. The number of benzene rings is 2. The number of alkyl halides is 3. The van der Waals surface area contributed by atoms with Gasteiger partial charge in [0.05, 0.1) is 38.5 Å². The van der Waals surface area contributed by atoms with E-state index in [9.17, 15) is 13.2 Å². The molecule has 0 bridgehead atoms. The summed E-state index contributed by atoms with van der Waals surface area (Å²) < 4.78 is 55.0. The summed E-state index contributed by atoms with van der Waals surface area (Å²) in [5.41, 5.74) is -0.507. The molecule has 138 valence electrons. The van der Waals surface area contributed by atoms with Gasteiger partial charge in [0.15, 0.2) is 11.5 Å². The molecule has 0 unspecified atom stereocenters. The first-order valence-corrected chi connectivity index (χ1v) is 7.48.